The van der Waals surface area contributed by atoms with Gasteiger partial charge in [0.1, 0.15) is 22.4 Å². The second-order valence-electron chi connectivity index (χ2n) is 6.45. The second-order valence-corrected chi connectivity index (χ2v) is 7.31. The smallest absolute Gasteiger partial charge is 0.136 e. The lowest BCUT2D eigenvalue weighted by Crippen LogP contribution is -1.97. The number of hydrogen-bond donors (Lipinski definition) is 1. The van der Waals surface area contributed by atoms with Crippen molar-refractivity contribution in [2.45, 2.75) is 26.7 Å². The number of benzene rings is 2. The summed E-state index contributed by atoms with van der Waals surface area (Å²) >= 11 is 1.47. The zero-order valence-electron chi connectivity index (χ0n) is 16.1. The third kappa shape index (κ3) is 5.21. The number of rotatable bonds is 8. The summed E-state index contributed by atoms with van der Waals surface area (Å²) in [6.07, 6.45) is 3.83. The molecule has 1 N–H and O–H groups in total. The molecule has 0 aliphatic carbocycles. The monoisotopic (exact) mass is 389 g/mol. The molecule has 28 heavy (non-hydrogen) atoms. The molecule has 0 aliphatic rings. The fraction of sp³-hybridized carbons (Fsp3) is 0.217. The van der Waals surface area contributed by atoms with Crippen molar-refractivity contribution in [3.05, 3.63) is 70.7 Å². The van der Waals surface area contributed by atoms with Crippen LogP contribution in [-0.4, -0.2) is 11.6 Å². The lowest BCUT2D eigenvalue weighted by atomic mass is 10.1. The standard InChI is InChI=1S/C23H23N3OS/c1-3-4-12-27-21-7-5-6-20(13-21)25-15-19(14-24)23-26-22(16-28-23)18-10-8-17(2)9-11-18/h5-11,13,15-16,25H,3-4,12H2,1-2H3/b19-15+. The van der Waals surface area contributed by atoms with E-state index in [1.807, 2.05) is 41.8 Å². The van der Waals surface area contributed by atoms with Crippen LogP contribution in [-0.2, 0) is 0 Å². The van der Waals surface area contributed by atoms with Gasteiger partial charge in [0.25, 0.3) is 0 Å². The molecule has 1 heterocycles. The molecule has 2 aromatic carbocycles. The zero-order valence-corrected chi connectivity index (χ0v) is 16.9. The molecule has 4 nitrogen and oxygen atoms in total. The molecule has 0 saturated carbocycles. The topological polar surface area (TPSA) is 57.9 Å². The molecule has 5 heteroatoms. The quantitative estimate of drug-likeness (QED) is 0.364. The van der Waals surface area contributed by atoms with Gasteiger partial charge in [-0.1, -0.05) is 49.2 Å². The maximum Gasteiger partial charge on any atom is 0.136 e. The Morgan fingerprint density at radius 2 is 2.07 bits per heavy atom. The molecule has 0 fully saturated rings. The van der Waals surface area contributed by atoms with Crippen molar-refractivity contribution in [1.82, 2.24) is 4.98 Å². The first-order chi connectivity index (χ1) is 13.7. The van der Waals surface area contributed by atoms with E-state index in [0.717, 1.165) is 35.5 Å². The van der Waals surface area contributed by atoms with Crippen molar-refractivity contribution in [3.8, 4) is 23.1 Å². The summed E-state index contributed by atoms with van der Waals surface area (Å²) in [6.45, 7) is 4.90. The highest BCUT2D eigenvalue weighted by atomic mass is 32.1. The van der Waals surface area contributed by atoms with Gasteiger partial charge in [-0.05, 0) is 25.5 Å². The van der Waals surface area contributed by atoms with Crippen LogP contribution in [0.2, 0.25) is 0 Å². The molecular formula is C23H23N3OS. The van der Waals surface area contributed by atoms with Crippen LogP contribution in [0.5, 0.6) is 5.75 Å². The molecule has 0 amide bonds. The Morgan fingerprint density at radius 3 is 2.82 bits per heavy atom. The van der Waals surface area contributed by atoms with Gasteiger partial charge in [-0.25, -0.2) is 4.98 Å². The molecule has 1 aromatic heterocycles. The number of anilines is 1. The summed E-state index contributed by atoms with van der Waals surface area (Å²) in [4.78, 5) is 4.62. The van der Waals surface area contributed by atoms with Gasteiger partial charge in [0.15, 0.2) is 0 Å². The molecule has 0 radical (unpaired) electrons. The average Bonchev–Trinajstić information content (AvgIpc) is 3.20. The number of nitrogens with one attached hydrogen (secondary N) is 1. The van der Waals surface area contributed by atoms with E-state index in [0.29, 0.717) is 17.2 Å². The van der Waals surface area contributed by atoms with Crippen molar-refractivity contribution < 1.29 is 4.74 Å². The van der Waals surface area contributed by atoms with Crippen LogP contribution in [0.1, 0.15) is 30.3 Å². The van der Waals surface area contributed by atoms with Gasteiger partial charge >= 0.3 is 0 Å². The van der Waals surface area contributed by atoms with Crippen molar-refractivity contribution in [2.75, 3.05) is 11.9 Å². The molecule has 0 bridgehead atoms. The summed E-state index contributed by atoms with van der Waals surface area (Å²) < 4.78 is 5.73. The largest absolute Gasteiger partial charge is 0.494 e. The van der Waals surface area contributed by atoms with Gasteiger partial charge < -0.3 is 10.1 Å². The van der Waals surface area contributed by atoms with Crippen molar-refractivity contribution in [3.63, 3.8) is 0 Å². The van der Waals surface area contributed by atoms with Crippen LogP contribution in [0.25, 0.3) is 16.8 Å². The molecule has 0 atom stereocenters. The van der Waals surface area contributed by atoms with Gasteiger partial charge in [-0.15, -0.1) is 11.3 Å². The zero-order chi connectivity index (χ0) is 19.8. The predicted molar refractivity (Wildman–Crippen MR) is 116 cm³/mol. The molecule has 3 rings (SSSR count). The first kappa shape index (κ1) is 19.7. The van der Waals surface area contributed by atoms with Crippen LogP contribution >= 0.6 is 11.3 Å². The van der Waals surface area contributed by atoms with Gasteiger partial charge in [-0.3, -0.25) is 0 Å². The summed E-state index contributed by atoms with van der Waals surface area (Å²) in [6, 6.07) is 18.2. The third-order valence-electron chi connectivity index (χ3n) is 4.19. The van der Waals surface area contributed by atoms with E-state index in [-0.39, 0.29) is 0 Å². The number of thiazole rings is 1. The number of aromatic nitrogens is 1. The van der Waals surface area contributed by atoms with E-state index in [2.05, 4.69) is 42.4 Å². The Kier molecular flexibility index (Phi) is 6.83. The Hall–Kier alpha value is -3.10. The van der Waals surface area contributed by atoms with Crippen LogP contribution < -0.4 is 10.1 Å². The van der Waals surface area contributed by atoms with E-state index in [1.165, 1.54) is 16.9 Å². The SMILES string of the molecule is CCCCOc1cccc(N/C=C(\C#N)c2nc(-c3ccc(C)cc3)cs2)c1. The Morgan fingerprint density at radius 1 is 1.25 bits per heavy atom. The molecule has 0 aliphatic heterocycles. The summed E-state index contributed by atoms with van der Waals surface area (Å²) in [5.74, 6) is 0.821. The Labute approximate surface area is 170 Å². The van der Waals surface area contributed by atoms with Crippen molar-refractivity contribution in [2.24, 2.45) is 0 Å². The van der Waals surface area contributed by atoms with Crippen molar-refractivity contribution in [1.29, 1.82) is 5.26 Å². The minimum absolute atomic E-state index is 0.501. The molecular weight excluding hydrogens is 366 g/mol. The van der Waals surface area contributed by atoms with E-state index in [4.69, 9.17) is 4.74 Å². The predicted octanol–water partition coefficient (Wildman–Crippen LogP) is 6.27. The van der Waals surface area contributed by atoms with E-state index < -0.39 is 0 Å². The summed E-state index contributed by atoms with van der Waals surface area (Å²) in [5.41, 5.74) is 4.52. The molecule has 3 aromatic rings. The van der Waals surface area contributed by atoms with E-state index in [9.17, 15) is 5.26 Å². The first-order valence-electron chi connectivity index (χ1n) is 9.32. The highest BCUT2D eigenvalue weighted by Crippen LogP contribution is 2.26. The normalized spacial score (nSPS) is 11.1. The Balaban J connectivity index is 1.72. The highest BCUT2D eigenvalue weighted by molar-refractivity contribution is 7.11. The van der Waals surface area contributed by atoms with Gasteiger partial charge in [0.2, 0.25) is 0 Å². The third-order valence-corrected chi connectivity index (χ3v) is 5.06. The number of aryl methyl sites for hydroxylation is 1. The number of nitriles is 1. The van der Waals surface area contributed by atoms with Crippen molar-refractivity contribution >= 4 is 22.6 Å². The van der Waals surface area contributed by atoms with Crippen LogP contribution in [0.15, 0.2) is 60.1 Å². The molecule has 0 saturated heterocycles. The maximum atomic E-state index is 9.56. The maximum absolute atomic E-state index is 9.56. The number of unbranched alkanes of at least 4 members (excludes halogenated alkanes) is 1. The number of ether oxygens (including phenoxy) is 1. The fourth-order valence-corrected chi connectivity index (χ4v) is 3.36. The van der Waals surface area contributed by atoms with E-state index in [1.54, 1.807) is 6.20 Å². The minimum atomic E-state index is 0.501. The minimum Gasteiger partial charge on any atom is -0.494 e. The van der Waals surface area contributed by atoms with E-state index >= 15 is 0 Å². The second kappa shape index (κ2) is 9.72. The molecule has 0 unspecified atom stereocenters. The first-order valence-corrected chi connectivity index (χ1v) is 10.2. The fourth-order valence-electron chi connectivity index (χ4n) is 2.56. The molecule has 0 spiro atoms. The number of allylic oxidation sites excluding steroid dienone is 1. The van der Waals surface area contributed by atoms with Crippen LogP contribution in [0, 0.1) is 18.3 Å². The summed E-state index contributed by atoms with van der Waals surface area (Å²) in [5, 5.41) is 15.4. The lowest BCUT2D eigenvalue weighted by molar-refractivity contribution is 0.309. The van der Waals surface area contributed by atoms with Gasteiger partial charge in [-0.2, -0.15) is 5.26 Å². The van der Waals surface area contributed by atoms with Crippen LogP contribution in [0.4, 0.5) is 5.69 Å². The lowest BCUT2D eigenvalue weighted by Gasteiger charge is -2.07. The molecule has 142 valence electrons. The van der Waals surface area contributed by atoms with Gasteiger partial charge in [0, 0.05) is 28.9 Å². The van der Waals surface area contributed by atoms with Crippen LogP contribution in [0.3, 0.4) is 0 Å². The summed E-state index contributed by atoms with van der Waals surface area (Å²) in [7, 11) is 0. The number of hydrogen-bond acceptors (Lipinski definition) is 5. The average molecular weight is 390 g/mol. The highest BCUT2D eigenvalue weighted by Gasteiger charge is 2.09. The number of nitrogens with zero attached hydrogens (tertiary/aromatic N) is 2. The van der Waals surface area contributed by atoms with Gasteiger partial charge in [0.05, 0.1) is 12.3 Å². The Bertz CT molecular complexity index is 984.